The lowest BCUT2D eigenvalue weighted by Crippen LogP contribution is -2.37. The van der Waals surface area contributed by atoms with Crippen LogP contribution in [0, 0.1) is 5.92 Å². The summed E-state index contributed by atoms with van der Waals surface area (Å²) in [5.74, 6) is 1.78. The first-order valence-electron chi connectivity index (χ1n) is 7.15. The first-order chi connectivity index (χ1) is 8.36. The molecule has 2 heterocycles. The summed E-state index contributed by atoms with van der Waals surface area (Å²) >= 11 is 0. The van der Waals surface area contributed by atoms with Crippen LogP contribution in [0.4, 0.5) is 0 Å². The highest BCUT2D eigenvalue weighted by atomic mass is 15.2. The van der Waals surface area contributed by atoms with Crippen molar-refractivity contribution in [1.82, 2.24) is 4.90 Å². The van der Waals surface area contributed by atoms with Crippen LogP contribution in [0.1, 0.15) is 44.1 Å². The van der Waals surface area contributed by atoms with Crippen LogP contribution in [0.5, 0.6) is 0 Å². The van der Waals surface area contributed by atoms with E-state index in [2.05, 4.69) is 42.2 Å². The Hall–Kier alpha value is -0.820. The normalized spacial score (nSPS) is 33.6. The van der Waals surface area contributed by atoms with Crippen molar-refractivity contribution in [2.24, 2.45) is 5.92 Å². The fourth-order valence-electron chi connectivity index (χ4n) is 3.69. The number of hydrogen-bond acceptors (Lipinski definition) is 1. The Bertz CT molecular complexity index is 359. The molecule has 2 fully saturated rings. The van der Waals surface area contributed by atoms with Crippen LogP contribution in [0.3, 0.4) is 0 Å². The molecule has 0 aliphatic carbocycles. The smallest absolute Gasteiger partial charge is 0.0104 e. The van der Waals surface area contributed by atoms with Gasteiger partial charge >= 0.3 is 0 Å². The van der Waals surface area contributed by atoms with Crippen LogP contribution in [-0.2, 0) is 0 Å². The van der Waals surface area contributed by atoms with E-state index in [9.17, 15) is 0 Å². The number of nitrogens with zero attached hydrogens (tertiary/aromatic N) is 1. The molecule has 1 heteroatoms. The highest BCUT2D eigenvalue weighted by molar-refractivity contribution is 5.22. The van der Waals surface area contributed by atoms with Crippen LogP contribution in [0.15, 0.2) is 30.3 Å². The maximum Gasteiger partial charge on any atom is 0.0104 e. The van der Waals surface area contributed by atoms with E-state index in [1.165, 1.54) is 38.8 Å². The lowest BCUT2D eigenvalue weighted by Gasteiger charge is -2.34. The van der Waals surface area contributed by atoms with Crippen molar-refractivity contribution in [3.05, 3.63) is 35.9 Å². The molecule has 0 N–H and O–H groups in total. The van der Waals surface area contributed by atoms with E-state index >= 15 is 0 Å². The Morgan fingerprint density at radius 1 is 1.18 bits per heavy atom. The lowest BCUT2D eigenvalue weighted by molar-refractivity contribution is 0.150. The predicted octanol–water partition coefficient (Wildman–Crippen LogP) is 3.66. The fraction of sp³-hybridized carbons (Fsp3) is 0.625. The number of fused-ring (bicyclic) bond motifs is 1. The van der Waals surface area contributed by atoms with Crippen LogP contribution in [-0.4, -0.2) is 24.0 Å². The molecule has 0 spiro atoms. The minimum Gasteiger partial charge on any atom is -0.300 e. The summed E-state index contributed by atoms with van der Waals surface area (Å²) < 4.78 is 0. The molecule has 2 aliphatic heterocycles. The zero-order chi connectivity index (χ0) is 11.7. The SMILES string of the molecule is CC[C@H]1CCN2C[C@H](c3ccccc3)C[C@H]2C1. The molecule has 0 radical (unpaired) electrons. The van der Waals surface area contributed by atoms with E-state index < -0.39 is 0 Å². The van der Waals surface area contributed by atoms with E-state index in [1.807, 2.05) is 0 Å². The van der Waals surface area contributed by atoms with Crippen molar-refractivity contribution in [1.29, 1.82) is 0 Å². The average Bonchev–Trinajstić information content (AvgIpc) is 2.82. The Morgan fingerprint density at radius 2 is 2.00 bits per heavy atom. The third-order valence-electron chi connectivity index (χ3n) is 4.81. The van der Waals surface area contributed by atoms with Gasteiger partial charge in [0, 0.05) is 12.6 Å². The number of hydrogen-bond donors (Lipinski definition) is 0. The molecule has 0 unspecified atom stereocenters. The lowest BCUT2D eigenvalue weighted by atomic mass is 9.87. The van der Waals surface area contributed by atoms with Crippen molar-refractivity contribution < 1.29 is 0 Å². The third kappa shape index (κ3) is 2.26. The van der Waals surface area contributed by atoms with Gasteiger partial charge in [0.25, 0.3) is 0 Å². The van der Waals surface area contributed by atoms with Gasteiger partial charge in [-0.25, -0.2) is 0 Å². The molecule has 0 saturated carbocycles. The molecule has 2 aliphatic rings. The maximum atomic E-state index is 2.74. The summed E-state index contributed by atoms with van der Waals surface area (Å²) in [6.45, 7) is 4.99. The van der Waals surface area contributed by atoms with E-state index in [1.54, 1.807) is 5.56 Å². The number of rotatable bonds is 2. The van der Waals surface area contributed by atoms with Crippen molar-refractivity contribution >= 4 is 0 Å². The van der Waals surface area contributed by atoms with Gasteiger partial charge in [0.05, 0.1) is 0 Å². The molecule has 1 aromatic rings. The van der Waals surface area contributed by atoms with Gasteiger partial charge in [0.1, 0.15) is 0 Å². The van der Waals surface area contributed by atoms with Gasteiger partial charge in [-0.05, 0) is 43.2 Å². The topological polar surface area (TPSA) is 3.24 Å². The Balaban J connectivity index is 1.69. The molecule has 0 aromatic heterocycles. The third-order valence-corrected chi connectivity index (χ3v) is 4.81. The van der Waals surface area contributed by atoms with Gasteiger partial charge in [0.2, 0.25) is 0 Å². The van der Waals surface area contributed by atoms with Crippen LogP contribution in [0.25, 0.3) is 0 Å². The van der Waals surface area contributed by atoms with Crippen LogP contribution < -0.4 is 0 Å². The van der Waals surface area contributed by atoms with Crippen molar-refractivity contribution in [2.45, 2.75) is 44.6 Å². The second kappa shape index (κ2) is 4.81. The first-order valence-corrected chi connectivity index (χ1v) is 7.15. The monoisotopic (exact) mass is 229 g/mol. The molecule has 3 rings (SSSR count). The van der Waals surface area contributed by atoms with E-state index in [0.717, 1.165) is 17.9 Å². The van der Waals surface area contributed by atoms with E-state index in [4.69, 9.17) is 0 Å². The standard InChI is InChI=1S/C16H23N/c1-2-13-8-9-17-12-15(11-16(17)10-13)14-6-4-3-5-7-14/h3-7,13,15-16H,2,8-12H2,1H3/t13-,15+,16+/m0/s1. The molecular weight excluding hydrogens is 206 g/mol. The van der Waals surface area contributed by atoms with Gasteiger partial charge in [-0.3, -0.25) is 4.90 Å². The van der Waals surface area contributed by atoms with Crippen molar-refractivity contribution in [2.75, 3.05) is 13.1 Å². The summed E-state index contributed by atoms with van der Waals surface area (Å²) in [5, 5.41) is 0. The second-order valence-corrected chi connectivity index (χ2v) is 5.79. The molecule has 2 saturated heterocycles. The maximum absolute atomic E-state index is 2.74. The second-order valence-electron chi connectivity index (χ2n) is 5.79. The minimum absolute atomic E-state index is 0.789. The van der Waals surface area contributed by atoms with Crippen molar-refractivity contribution in [3.8, 4) is 0 Å². The van der Waals surface area contributed by atoms with E-state index in [-0.39, 0.29) is 0 Å². The summed E-state index contributed by atoms with van der Waals surface area (Å²) in [6, 6.07) is 12.0. The summed E-state index contributed by atoms with van der Waals surface area (Å²) in [5.41, 5.74) is 1.55. The molecule has 17 heavy (non-hydrogen) atoms. The molecule has 0 bridgehead atoms. The Labute approximate surface area is 105 Å². The summed E-state index contributed by atoms with van der Waals surface area (Å²) in [4.78, 5) is 2.74. The molecule has 1 aromatic carbocycles. The number of benzene rings is 1. The summed E-state index contributed by atoms with van der Waals surface area (Å²) in [7, 11) is 0. The van der Waals surface area contributed by atoms with Crippen molar-refractivity contribution in [3.63, 3.8) is 0 Å². The van der Waals surface area contributed by atoms with Crippen LogP contribution in [0.2, 0.25) is 0 Å². The van der Waals surface area contributed by atoms with Crippen LogP contribution >= 0.6 is 0 Å². The highest BCUT2D eigenvalue weighted by Gasteiger charge is 2.36. The molecule has 1 nitrogen and oxygen atoms in total. The molecule has 0 amide bonds. The first kappa shape index (κ1) is 11.3. The van der Waals surface area contributed by atoms with Gasteiger partial charge in [-0.1, -0.05) is 43.7 Å². The average molecular weight is 229 g/mol. The van der Waals surface area contributed by atoms with E-state index in [0.29, 0.717) is 0 Å². The Kier molecular flexibility index (Phi) is 3.19. The minimum atomic E-state index is 0.789. The molecular formula is C16H23N. The van der Waals surface area contributed by atoms with Gasteiger partial charge in [0.15, 0.2) is 0 Å². The Morgan fingerprint density at radius 3 is 2.76 bits per heavy atom. The largest absolute Gasteiger partial charge is 0.300 e. The number of piperidine rings is 1. The highest BCUT2D eigenvalue weighted by Crippen LogP contribution is 2.38. The van der Waals surface area contributed by atoms with Gasteiger partial charge in [-0.2, -0.15) is 0 Å². The van der Waals surface area contributed by atoms with Gasteiger partial charge < -0.3 is 0 Å². The summed E-state index contributed by atoms with van der Waals surface area (Å²) in [6.07, 6.45) is 5.63. The fourth-order valence-corrected chi connectivity index (χ4v) is 3.69. The predicted molar refractivity (Wildman–Crippen MR) is 72.2 cm³/mol. The van der Waals surface area contributed by atoms with Gasteiger partial charge in [-0.15, -0.1) is 0 Å². The zero-order valence-electron chi connectivity index (χ0n) is 10.8. The zero-order valence-corrected chi connectivity index (χ0v) is 10.8. The molecule has 3 atom stereocenters. The quantitative estimate of drug-likeness (QED) is 0.748. The molecule has 92 valence electrons.